The van der Waals surface area contributed by atoms with Gasteiger partial charge in [-0.1, -0.05) is 0 Å². The fourth-order valence-electron chi connectivity index (χ4n) is 1.91. The van der Waals surface area contributed by atoms with Crippen LogP contribution in [-0.4, -0.2) is 30.1 Å². The highest BCUT2D eigenvalue weighted by atomic mass is 19.1. The Labute approximate surface area is 124 Å². The number of halogens is 2. The SMILES string of the molecule is CCOC(=O)c1cc2c(F)ccc(F)c2nc1C(=O)OCC. The number of nitrogens with zero attached hydrogens (tertiary/aromatic N) is 1. The molecule has 0 aliphatic heterocycles. The average molecular weight is 309 g/mol. The monoisotopic (exact) mass is 309 g/mol. The van der Waals surface area contributed by atoms with Gasteiger partial charge < -0.3 is 9.47 Å². The smallest absolute Gasteiger partial charge is 0.357 e. The van der Waals surface area contributed by atoms with Crippen molar-refractivity contribution < 1.29 is 27.8 Å². The summed E-state index contributed by atoms with van der Waals surface area (Å²) in [4.78, 5) is 27.6. The molecule has 0 aliphatic carbocycles. The molecule has 0 aliphatic rings. The molecular weight excluding hydrogens is 296 g/mol. The molecule has 0 N–H and O–H groups in total. The van der Waals surface area contributed by atoms with Gasteiger partial charge in [0.05, 0.1) is 18.8 Å². The highest BCUT2D eigenvalue weighted by molar-refractivity contribution is 6.04. The summed E-state index contributed by atoms with van der Waals surface area (Å²) < 4.78 is 37.2. The van der Waals surface area contributed by atoms with Gasteiger partial charge in [0, 0.05) is 5.39 Å². The van der Waals surface area contributed by atoms with Gasteiger partial charge >= 0.3 is 11.9 Å². The molecule has 22 heavy (non-hydrogen) atoms. The van der Waals surface area contributed by atoms with E-state index in [1.165, 1.54) is 0 Å². The second-order valence-corrected chi connectivity index (χ2v) is 4.25. The molecule has 0 bridgehead atoms. The van der Waals surface area contributed by atoms with Gasteiger partial charge in [0.1, 0.15) is 17.2 Å². The Kier molecular flexibility index (Phi) is 4.65. The van der Waals surface area contributed by atoms with Crippen molar-refractivity contribution in [1.82, 2.24) is 4.98 Å². The van der Waals surface area contributed by atoms with Crippen LogP contribution in [0.5, 0.6) is 0 Å². The van der Waals surface area contributed by atoms with E-state index in [9.17, 15) is 18.4 Å². The number of hydrogen-bond acceptors (Lipinski definition) is 5. The highest BCUT2D eigenvalue weighted by Gasteiger charge is 2.24. The van der Waals surface area contributed by atoms with Gasteiger partial charge in [-0.05, 0) is 32.0 Å². The van der Waals surface area contributed by atoms with Gasteiger partial charge in [-0.2, -0.15) is 0 Å². The molecule has 2 aromatic rings. The summed E-state index contributed by atoms with van der Waals surface area (Å²) in [6, 6.07) is 2.85. The van der Waals surface area contributed by atoms with Crippen LogP contribution in [0.1, 0.15) is 34.7 Å². The summed E-state index contributed by atoms with van der Waals surface area (Å²) >= 11 is 0. The second kappa shape index (κ2) is 6.46. The lowest BCUT2D eigenvalue weighted by Gasteiger charge is -2.10. The number of aromatic nitrogens is 1. The maximum absolute atomic E-state index is 13.8. The van der Waals surface area contributed by atoms with E-state index in [0.29, 0.717) is 0 Å². The molecule has 5 nitrogen and oxygen atoms in total. The molecule has 0 unspecified atom stereocenters. The Morgan fingerprint density at radius 1 is 1.05 bits per heavy atom. The minimum absolute atomic E-state index is 0.0481. The number of carbonyl (C=O) groups is 2. The summed E-state index contributed by atoms with van der Waals surface area (Å²) in [6.45, 7) is 3.26. The first-order valence-corrected chi connectivity index (χ1v) is 6.62. The van der Waals surface area contributed by atoms with Crippen LogP contribution in [0.15, 0.2) is 18.2 Å². The summed E-state index contributed by atoms with van der Waals surface area (Å²) in [6.07, 6.45) is 0. The van der Waals surface area contributed by atoms with Crippen LogP contribution >= 0.6 is 0 Å². The Morgan fingerprint density at radius 2 is 1.64 bits per heavy atom. The summed E-state index contributed by atoms with van der Waals surface area (Å²) in [5, 5.41) is -0.212. The molecule has 2 rings (SSSR count). The number of ether oxygens (including phenoxy) is 2. The molecule has 0 fully saturated rings. The molecule has 1 aromatic carbocycles. The van der Waals surface area contributed by atoms with Crippen molar-refractivity contribution >= 4 is 22.8 Å². The number of pyridine rings is 1. The van der Waals surface area contributed by atoms with Crippen molar-refractivity contribution in [3.05, 3.63) is 41.1 Å². The van der Waals surface area contributed by atoms with Crippen molar-refractivity contribution in [1.29, 1.82) is 0 Å². The zero-order valence-electron chi connectivity index (χ0n) is 12.0. The summed E-state index contributed by atoms with van der Waals surface area (Å²) in [5.41, 5.74) is -1.02. The van der Waals surface area contributed by atoms with E-state index in [1.54, 1.807) is 13.8 Å². The third-order valence-electron chi connectivity index (χ3n) is 2.85. The fraction of sp³-hybridized carbons (Fsp3) is 0.267. The van der Waals surface area contributed by atoms with Crippen LogP contribution in [-0.2, 0) is 9.47 Å². The van der Waals surface area contributed by atoms with Crippen LogP contribution < -0.4 is 0 Å². The summed E-state index contributed by atoms with van der Waals surface area (Å²) in [7, 11) is 0. The molecule has 116 valence electrons. The zero-order valence-corrected chi connectivity index (χ0v) is 12.0. The van der Waals surface area contributed by atoms with E-state index in [2.05, 4.69) is 4.98 Å². The third-order valence-corrected chi connectivity index (χ3v) is 2.85. The quantitative estimate of drug-likeness (QED) is 0.813. The predicted molar refractivity (Wildman–Crippen MR) is 73.6 cm³/mol. The van der Waals surface area contributed by atoms with E-state index < -0.39 is 29.3 Å². The Bertz CT molecular complexity index is 683. The predicted octanol–water partition coefficient (Wildman–Crippen LogP) is 2.87. The van der Waals surface area contributed by atoms with Crippen LogP contribution in [0.25, 0.3) is 10.9 Å². The molecule has 0 spiro atoms. The number of rotatable bonds is 4. The van der Waals surface area contributed by atoms with Crippen molar-refractivity contribution in [2.24, 2.45) is 0 Å². The van der Waals surface area contributed by atoms with E-state index in [1.807, 2.05) is 0 Å². The number of benzene rings is 1. The molecule has 0 saturated carbocycles. The van der Waals surface area contributed by atoms with Crippen LogP contribution in [0.4, 0.5) is 8.78 Å². The molecule has 0 atom stereocenters. The topological polar surface area (TPSA) is 65.5 Å². The average Bonchev–Trinajstić information content (AvgIpc) is 2.50. The molecule has 0 saturated heterocycles. The van der Waals surface area contributed by atoms with Crippen molar-refractivity contribution in [2.75, 3.05) is 13.2 Å². The van der Waals surface area contributed by atoms with Gasteiger partial charge in [0.15, 0.2) is 5.69 Å². The number of esters is 2. The number of fused-ring (bicyclic) bond motifs is 1. The minimum Gasteiger partial charge on any atom is -0.462 e. The van der Waals surface area contributed by atoms with Crippen LogP contribution in [0, 0.1) is 11.6 Å². The molecule has 0 amide bonds. The lowest BCUT2D eigenvalue weighted by Crippen LogP contribution is -2.16. The molecule has 7 heteroatoms. The van der Waals surface area contributed by atoms with Gasteiger partial charge in [0.25, 0.3) is 0 Å². The maximum Gasteiger partial charge on any atom is 0.357 e. The minimum atomic E-state index is -0.906. The first-order chi connectivity index (χ1) is 10.5. The standard InChI is InChI=1S/C15H13F2NO4/c1-3-21-14(19)9-7-8-10(16)5-6-11(17)12(8)18-13(9)15(20)22-4-2/h5-7H,3-4H2,1-2H3. The van der Waals surface area contributed by atoms with Crippen molar-refractivity contribution in [2.45, 2.75) is 13.8 Å². The fourth-order valence-corrected chi connectivity index (χ4v) is 1.91. The van der Waals surface area contributed by atoms with E-state index in [0.717, 1.165) is 18.2 Å². The number of hydrogen-bond donors (Lipinski definition) is 0. The molecule has 0 radical (unpaired) electrons. The maximum atomic E-state index is 13.8. The number of carbonyl (C=O) groups excluding carboxylic acids is 2. The van der Waals surface area contributed by atoms with Crippen LogP contribution in [0.2, 0.25) is 0 Å². The van der Waals surface area contributed by atoms with Gasteiger partial charge in [-0.3, -0.25) is 0 Å². The Morgan fingerprint density at radius 3 is 2.27 bits per heavy atom. The molecule has 1 heterocycles. The van der Waals surface area contributed by atoms with Crippen LogP contribution in [0.3, 0.4) is 0 Å². The second-order valence-electron chi connectivity index (χ2n) is 4.25. The first-order valence-electron chi connectivity index (χ1n) is 6.62. The molecular formula is C15H13F2NO4. The van der Waals surface area contributed by atoms with Gasteiger partial charge in [0.2, 0.25) is 0 Å². The molecule has 1 aromatic heterocycles. The van der Waals surface area contributed by atoms with Gasteiger partial charge in [-0.15, -0.1) is 0 Å². The van der Waals surface area contributed by atoms with Gasteiger partial charge in [-0.25, -0.2) is 23.4 Å². The van der Waals surface area contributed by atoms with Crippen molar-refractivity contribution in [3.8, 4) is 0 Å². The largest absolute Gasteiger partial charge is 0.462 e. The van der Waals surface area contributed by atoms with E-state index in [4.69, 9.17) is 9.47 Å². The van der Waals surface area contributed by atoms with E-state index in [-0.39, 0.29) is 29.7 Å². The normalized spacial score (nSPS) is 10.5. The zero-order chi connectivity index (χ0) is 16.3. The van der Waals surface area contributed by atoms with Crippen molar-refractivity contribution in [3.63, 3.8) is 0 Å². The lowest BCUT2D eigenvalue weighted by molar-refractivity contribution is 0.0474. The Hall–Kier alpha value is -2.57. The highest BCUT2D eigenvalue weighted by Crippen LogP contribution is 2.23. The third kappa shape index (κ3) is 2.88. The Balaban J connectivity index is 2.73. The lowest BCUT2D eigenvalue weighted by atomic mass is 10.1. The first kappa shape index (κ1) is 15.8. The van der Waals surface area contributed by atoms with E-state index >= 15 is 0 Å². The summed E-state index contributed by atoms with van der Waals surface area (Å²) in [5.74, 6) is -3.33.